The summed E-state index contributed by atoms with van der Waals surface area (Å²) in [6, 6.07) is 5.02. The largest absolute Gasteiger partial charge is 0.496 e. The van der Waals surface area contributed by atoms with Crippen LogP contribution in [0.1, 0.15) is 36.7 Å². The second-order valence-corrected chi connectivity index (χ2v) is 4.74. The molecule has 0 bridgehead atoms. The molecule has 0 atom stereocenters. The number of ether oxygens (including phenoxy) is 2. The molecular weight excluding hydrogens is 220 g/mol. The van der Waals surface area contributed by atoms with Crippen molar-refractivity contribution >= 4 is 5.97 Å². The van der Waals surface area contributed by atoms with E-state index in [0.717, 1.165) is 5.56 Å². The van der Waals surface area contributed by atoms with Gasteiger partial charge >= 0.3 is 5.97 Å². The van der Waals surface area contributed by atoms with Gasteiger partial charge in [-0.2, -0.15) is 0 Å². The van der Waals surface area contributed by atoms with Gasteiger partial charge in [-0.3, -0.25) is 0 Å². The van der Waals surface area contributed by atoms with Gasteiger partial charge in [-0.1, -0.05) is 6.07 Å². The molecule has 0 heterocycles. The Labute approximate surface area is 101 Å². The van der Waals surface area contributed by atoms with Gasteiger partial charge in [-0.05, 0) is 38.5 Å². The molecule has 0 unspecified atom stereocenters. The van der Waals surface area contributed by atoms with Crippen LogP contribution in [0.5, 0.6) is 5.75 Å². The van der Waals surface area contributed by atoms with E-state index in [1.54, 1.807) is 18.2 Å². The van der Waals surface area contributed by atoms with E-state index in [0.29, 0.717) is 12.4 Å². The first-order valence-corrected chi connectivity index (χ1v) is 5.37. The number of carbonyl (C=O) groups is 1. The van der Waals surface area contributed by atoms with Crippen LogP contribution in [0.4, 0.5) is 0 Å². The van der Waals surface area contributed by atoms with Crippen molar-refractivity contribution in [1.82, 2.24) is 0 Å². The molecule has 0 aliphatic heterocycles. The molecule has 0 spiro atoms. The summed E-state index contributed by atoms with van der Waals surface area (Å²) in [5, 5.41) is 9.03. The van der Waals surface area contributed by atoms with E-state index in [1.165, 1.54) is 7.11 Å². The highest BCUT2D eigenvalue weighted by Crippen LogP contribution is 2.21. The Bertz CT molecular complexity index is 404. The van der Waals surface area contributed by atoms with Gasteiger partial charge in [0.05, 0.1) is 19.3 Å². The van der Waals surface area contributed by atoms with Crippen molar-refractivity contribution in [1.29, 1.82) is 0 Å². The Hall–Kier alpha value is -1.55. The fourth-order valence-electron chi connectivity index (χ4n) is 1.31. The standard InChI is InChI=1S/C13H18O4/c1-13(2,3)17-8-9-5-6-11(16-4)10(7-9)12(14)15/h5-7H,8H2,1-4H3,(H,14,15). The van der Waals surface area contributed by atoms with Crippen molar-refractivity contribution in [2.45, 2.75) is 33.0 Å². The molecular formula is C13H18O4. The maximum Gasteiger partial charge on any atom is 0.339 e. The molecule has 0 saturated carbocycles. The van der Waals surface area contributed by atoms with Crippen LogP contribution >= 0.6 is 0 Å². The Kier molecular flexibility index (Phi) is 4.12. The first-order chi connectivity index (χ1) is 7.83. The molecule has 0 aliphatic rings. The molecule has 0 aliphatic carbocycles. The lowest BCUT2D eigenvalue weighted by atomic mass is 10.1. The number of rotatable bonds is 4. The lowest BCUT2D eigenvalue weighted by Crippen LogP contribution is -2.18. The highest BCUT2D eigenvalue weighted by atomic mass is 16.5. The second kappa shape index (κ2) is 5.19. The van der Waals surface area contributed by atoms with Crippen molar-refractivity contribution in [2.24, 2.45) is 0 Å². The molecule has 1 N–H and O–H groups in total. The van der Waals surface area contributed by atoms with E-state index in [4.69, 9.17) is 14.6 Å². The molecule has 0 radical (unpaired) electrons. The maximum absolute atomic E-state index is 11.0. The van der Waals surface area contributed by atoms with Crippen LogP contribution in [0.15, 0.2) is 18.2 Å². The molecule has 1 aromatic rings. The molecule has 0 amide bonds. The number of methoxy groups -OCH3 is 1. The normalized spacial score (nSPS) is 11.3. The maximum atomic E-state index is 11.0. The Morgan fingerprint density at radius 2 is 2.00 bits per heavy atom. The number of hydrogen-bond donors (Lipinski definition) is 1. The highest BCUT2D eigenvalue weighted by molar-refractivity contribution is 5.91. The minimum atomic E-state index is -1.00. The van der Waals surface area contributed by atoms with Gasteiger partial charge in [-0.25, -0.2) is 4.79 Å². The number of carboxylic acid groups (broad SMARTS) is 1. The molecule has 1 aromatic carbocycles. The minimum Gasteiger partial charge on any atom is -0.496 e. The van der Waals surface area contributed by atoms with E-state index in [9.17, 15) is 4.79 Å². The fraction of sp³-hybridized carbons (Fsp3) is 0.462. The Morgan fingerprint density at radius 3 is 2.47 bits per heavy atom. The molecule has 1 rings (SSSR count). The van der Waals surface area contributed by atoms with Crippen molar-refractivity contribution in [2.75, 3.05) is 7.11 Å². The van der Waals surface area contributed by atoms with Gasteiger partial charge in [0.1, 0.15) is 11.3 Å². The Morgan fingerprint density at radius 1 is 1.35 bits per heavy atom. The summed E-state index contributed by atoms with van der Waals surface area (Å²) in [4.78, 5) is 11.0. The van der Waals surface area contributed by atoms with Gasteiger partial charge in [0.2, 0.25) is 0 Å². The third kappa shape index (κ3) is 4.07. The molecule has 0 fully saturated rings. The van der Waals surface area contributed by atoms with Gasteiger partial charge in [0.25, 0.3) is 0 Å². The summed E-state index contributed by atoms with van der Waals surface area (Å²) in [6.45, 7) is 6.24. The van der Waals surface area contributed by atoms with Crippen molar-refractivity contribution < 1.29 is 19.4 Å². The smallest absolute Gasteiger partial charge is 0.339 e. The average Bonchev–Trinajstić information content (AvgIpc) is 2.25. The molecule has 4 nitrogen and oxygen atoms in total. The zero-order valence-corrected chi connectivity index (χ0v) is 10.6. The van der Waals surface area contributed by atoms with Crippen molar-refractivity contribution in [3.8, 4) is 5.75 Å². The van der Waals surface area contributed by atoms with Gasteiger partial charge < -0.3 is 14.6 Å². The molecule has 0 saturated heterocycles. The zero-order valence-electron chi connectivity index (χ0n) is 10.6. The third-order valence-electron chi connectivity index (χ3n) is 2.17. The van der Waals surface area contributed by atoms with Crippen LogP contribution in [-0.2, 0) is 11.3 Å². The highest BCUT2D eigenvalue weighted by Gasteiger charge is 2.14. The second-order valence-electron chi connectivity index (χ2n) is 4.74. The van der Waals surface area contributed by atoms with Crippen molar-refractivity contribution in [3.05, 3.63) is 29.3 Å². The number of carboxylic acids is 1. The third-order valence-corrected chi connectivity index (χ3v) is 2.17. The van der Waals surface area contributed by atoms with Gasteiger partial charge in [0.15, 0.2) is 0 Å². The number of hydrogen-bond acceptors (Lipinski definition) is 3. The van der Waals surface area contributed by atoms with Crippen LogP contribution < -0.4 is 4.74 Å². The predicted octanol–water partition coefficient (Wildman–Crippen LogP) is 2.71. The lowest BCUT2D eigenvalue weighted by Gasteiger charge is -2.19. The topological polar surface area (TPSA) is 55.8 Å². The summed E-state index contributed by atoms with van der Waals surface area (Å²) in [5.41, 5.74) is 0.726. The van der Waals surface area contributed by atoms with Crippen LogP contribution in [-0.4, -0.2) is 23.8 Å². The van der Waals surface area contributed by atoms with E-state index in [-0.39, 0.29) is 11.2 Å². The summed E-state index contributed by atoms with van der Waals surface area (Å²) in [7, 11) is 1.45. The molecule has 94 valence electrons. The van der Waals surface area contributed by atoms with Gasteiger partial charge in [0, 0.05) is 0 Å². The van der Waals surface area contributed by atoms with E-state index in [2.05, 4.69) is 0 Å². The van der Waals surface area contributed by atoms with E-state index < -0.39 is 5.97 Å². The lowest BCUT2D eigenvalue weighted by molar-refractivity contribution is -0.0149. The van der Waals surface area contributed by atoms with Crippen LogP contribution in [0.3, 0.4) is 0 Å². The van der Waals surface area contributed by atoms with Crippen molar-refractivity contribution in [3.63, 3.8) is 0 Å². The summed E-state index contributed by atoms with van der Waals surface area (Å²) in [6.07, 6.45) is 0. The number of benzene rings is 1. The van der Waals surface area contributed by atoms with Crippen LogP contribution in [0.25, 0.3) is 0 Å². The predicted molar refractivity (Wildman–Crippen MR) is 64.5 cm³/mol. The van der Waals surface area contributed by atoms with Gasteiger partial charge in [-0.15, -0.1) is 0 Å². The van der Waals surface area contributed by atoms with Crippen LogP contribution in [0.2, 0.25) is 0 Å². The van der Waals surface area contributed by atoms with E-state index in [1.807, 2.05) is 20.8 Å². The average molecular weight is 238 g/mol. The summed E-state index contributed by atoms with van der Waals surface area (Å²) >= 11 is 0. The summed E-state index contributed by atoms with van der Waals surface area (Å²) < 4.78 is 10.6. The minimum absolute atomic E-state index is 0.155. The molecule has 4 heteroatoms. The zero-order chi connectivity index (χ0) is 13.1. The fourth-order valence-corrected chi connectivity index (χ4v) is 1.31. The molecule has 0 aromatic heterocycles. The SMILES string of the molecule is COc1ccc(COC(C)(C)C)cc1C(=O)O. The van der Waals surface area contributed by atoms with Crippen LogP contribution in [0, 0.1) is 0 Å². The van der Waals surface area contributed by atoms with E-state index >= 15 is 0 Å². The quantitative estimate of drug-likeness (QED) is 0.876. The first kappa shape index (κ1) is 13.5. The monoisotopic (exact) mass is 238 g/mol. The summed E-state index contributed by atoms with van der Waals surface area (Å²) in [5.74, 6) is -0.642. The number of aromatic carboxylic acids is 1. The Balaban J connectivity index is 2.89. The first-order valence-electron chi connectivity index (χ1n) is 5.37. The molecule has 17 heavy (non-hydrogen) atoms.